The van der Waals surface area contributed by atoms with Crippen molar-refractivity contribution in [3.63, 3.8) is 0 Å². The average Bonchev–Trinajstić information content (AvgIpc) is 3.40. The van der Waals surface area contributed by atoms with E-state index in [0.717, 1.165) is 37.9 Å². The first-order chi connectivity index (χ1) is 13.3. The van der Waals surface area contributed by atoms with Crippen LogP contribution in [0.4, 0.5) is 0 Å². The summed E-state index contributed by atoms with van der Waals surface area (Å²) in [6.07, 6.45) is 2.54. The Morgan fingerprint density at radius 2 is 2.11 bits per heavy atom. The summed E-state index contributed by atoms with van der Waals surface area (Å²) >= 11 is 1.71. The summed E-state index contributed by atoms with van der Waals surface area (Å²) in [6.45, 7) is 6.76. The molecule has 1 atom stereocenters. The van der Waals surface area contributed by atoms with Crippen LogP contribution in [0.3, 0.4) is 0 Å². The van der Waals surface area contributed by atoms with Gasteiger partial charge in [-0.25, -0.2) is 4.99 Å². The van der Waals surface area contributed by atoms with Crippen molar-refractivity contribution in [2.75, 3.05) is 33.3 Å². The van der Waals surface area contributed by atoms with Gasteiger partial charge >= 0.3 is 0 Å². The zero-order valence-corrected chi connectivity index (χ0v) is 17.1. The van der Waals surface area contributed by atoms with E-state index in [-0.39, 0.29) is 0 Å². The highest BCUT2D eigenvalue weighted by Gasteiger charge is 2.24. The van der Waals surface area contributed by atoms with Crippen molar-refractivity contribution >= 4 is 17.3 Å². The van der Waals surface area contributed by atoms with Crippen LogP contribution in [0, 0.1) is 0 Å². The van der Waals surface area contributed by atoms with Crippen LogP contribution in [-0.2, 0) is 6.54 Å². The number of ether oxygens (including phenoxy) is 1. The second-order valence-corrected chi connectivity index (χ2v) is 7.52. The molecule has 0 saturated carbocycles. The number of thiophene rings is 1. The molecule has 0 bridgehead atoms. The summed E-state index contributed by atoms with van der Waals surface area (Å²) in [6, 6.07) is 10.9. The first-order valence-corrected chi connectivity index (χ1v) is 10.7. The Labute approximate surface area is 166 Å². The van der Waals surface area contributed by atoms with Gasteiger partial charge in [0.2, 0.25) is 0 Å². The molecule has 2 N–H and O–H groups in total. The minimum absolute atomic E-state index is 0.313. The van der Waals surface area contributed by atoms with E-state index < -0.39 is 0 Å². The fourth-order valence-electron chi connectivity index (χ4n) is 3.45. The zero-order valence-electron chi connectivity index (χ0n) is 16.3. The SMILES string of the molecule is CCNC(=NCc1ccsc1)NCC(c1cccc(OC)c1)N1CCCC1. The predicted octanol–water partition coefficient (Wildman–Crippen LogP) is 3.65. The molecule has 0 aliphatic carbocycles. The maximum absolute atomic E-state index is 5.44. The lowest BCUT2D eigenvalue weighted by molar-refractivity contribution is 0.245. The first-order valence-electron chi connectivity index (χ1n) is 9.71. The first kappa shape index (κ1) is 19.7. The number of hydrogen-bond donors (Lipinski definition) is 2. The molecule has 1 fully saturated rings. The highest BCUT2D eigenvalue weighted by Crippen LogP contribution is 2.27. The Kier molecular flexibility index (Phi) is 7.54. The lowest BCUT2D eigenvalue weighted by Gasteiger charge is -2.29. The Bertz CT molecular complexity index is 711. The molecule has 3 rings (SSSR count). The largest absolute Gasteiger partial charge is 0.497 e. The van der Waals surface area contributed by atoms with Crippen molar-refractivity contribution in [2.45, 2.75) is 32.4 Å². The number of nitrogens with one attached hydrogen (secondary N) is 2. The van der Waals surface area contributed by atoms with Gasteiger partial charge in [-0.05, 0) is 72.9 Å². The molecule has 1 aliphatic heterocycles. The number of rotatable bonds is 8. The van der Waals surface area contributed by atoms with Gasteiger partial charge in [0.05, 0.1) is 19.7 Å². The Morgan fingerprint density at radius 1 is 1.26 bits per heavy atom. The third-order valence-corrected chi connectivity index (χ3v) is 5.60. The van der Waals surface area contributed by atoms with Crippen LogP contribution in [0.1, 0.15) is 36.9 Å². The molecule has 1 aromatic heterocycles. The van der Waals surface area contributed by atoms with E-state index in [0.29, 0.717) is 12.6 Å². The normalized spacial score (nSPS) is 16.3. The van der Waals surface area contributed by atoms with Crippen LogP contribution in [0.25, 0.3) is 0 Å². The van der Waals surface area contributed by atoms with E-state index in [1.165, 1.54) is 24.0 Å². The van der Waals surface area contributed by atoms with Gasteiger partial charge in [0.1, 0.15) is 5.75 Å². The molecule has 5 nitrogen and oxygen atoms in total. The van der Waals surface area contributed by atoms with Gasteiger partial charge in [-0.1, -0.05) is 12.1 Å². The molecule has 2 heterocycles. The van der Waals surface area contributed by atoms with Crippen molar-refractivity contribution in [1.29, 1.82) is 0 Å². The number of methoxy groups -OCH3 is 1. The fourth-order valence-corrected chi connectivity index (χ4v) is 4.11. The molecule has 6 heteroatoms. The summed E-state index contributed by atoms with van der Waals surface area (Å²) in [5, 5.41) is 11.2. The monoisotopic (exact) mass is 386 g/mol. The van der Waals surface area contributed by atoms with Crippen LogP contribution < -0.4 is 15.4 Å². The van der Waals surface area contributed by atoms with Gasteiger partial charge in [-0.3, -0.25) is 4.90 Å². The molecule has 1 aromatic carbocycles. The van der Waals surface area contributed by atoms with E-state index in [4.69, 9.17) is 9.73 Å². The summed E-state index contributed by atoms with van der Waals surface area (Å²) in [5.41, 5.74) is 2.54. The van der Waals surface area contributed by atoms with Crippen LogP contribution >= 0.6 is 11.3 Å². The lowest BCUT2D eigenvalue weighted by Crippen LogP contribution is -2.42. The second kappa shape index (κ2) is 10.3. The predicted molar refractivity (Wildman–Crippen MR) is 114 cm³/mol. The number of likely N-dealkylation sites (tertiary alicyclic amines) is 1. The van der Waals surface area contributed by atoms with Crippen LogP contribution in [0.2, 0.25) is 0 Å². The molecule has 146 valence electrons. The van der Waals surface area contributed by atoms with E-state index in [2.05, 4.69) is 57.5 Å². The standard InChI is InChI=1S/C21H30N4OS/c1-3-22-21(23-14-17-9-12-27-16-17)24-15-20(25-10-4-5-11-25)18-7-6-8-19(13-18)26-2/h6-9,12-13,16,20H,3-5,10-11,14-15H2,1-2H3,(H2,22,23,24). The highest BCUT2D eigenvalue weighted by atomic mass is 32.1. The Balaban J connectivity index is 1.70. The van der Waals surface area contributed by atoms with Crippen molar-refractivity contribution in [2.24, 2.45) is 4.99 Å². The van der Waals surface area contributed by atoms with Crippen LogP contribution in [0.5, 0.6) is 5.75 Å². The average molecular weight is 387 g/mol. The van der Waals surface area contributed by atoms with E-state index in [1.807, 2.05) is 6.07 Å². The van der Waals surface area contributed by atoms with E-state index in [1.54, 1.807) is 18.4 Å². The summed E-state index contributed by atoms with van der Waals surface area (Å²) in [4.78, 5) is 7.30. The van der Waals surface area contributed by atoms with Crippen molar-refractivity contribution in [3.8, 4) is 5.75 Å². The summed E-state index contributed by atoms with van der Waals surface area (Å²) < 4.78 is 5.44. The third-order valence-electron chi connectivity index (χ3n) is 4.87. The van der Waals surface area contributed by atoms with Gasteiger partial charge < -0.3 is 15.4 Å². The number of benzene rings is 1. The van der Waals surface area contributed by atoms with Crippen LogP contribution in [0.15, 0.2) is 46.1 Å². The van der Waals surface area contributed by atoms with Gasteiger partial charge in [-0.2, -0.15) is 11.3 Å². The molecule has 0 amide bonds. The summed E-state index contributed by atoms with van der Waals surface area (Å²) in [5.74, 6) is 1.78. The molecule has 27 heavy (non-hydrogen) atoms. The van der Waals surface area contributed by atoms with Gasteiger partial charge in [0.25, 0.3) is 0 Å². The van der Waals surface area contributed by atoms with Crippen molar-refractivity contribution in [3.05, 3.63) is 52.2 Å². The lowest BCUT2D eigenvalue weighted by atomic mass is 10.1. The maximum Gasteiger partial charge on any atom is 0.191 e. The Morgan fingerprint density at radius 3 is 2.81 bits per heavy atom. The molecule has 1 saturated heterocycles. The zero-order chi connectivity index (χ0) is 18.9. The highest BCUT2D eigenvalue weighted by molar-refractivity contribution is 7.07. The van der Waals surface area contributed by atoms with Crippen molar-refractivity contribution < 1.29 is 4.74 Å². The van der Waals surface area contributed by atoms with Gasteiger partial charge in [-0.15, -0.1) is 0 Å². The Hall–Kier alpha value is -2.05. The molecule has 0 spiro atoms. The number of nitrogens with zero attached hydrogens (tertiary/aromatic N) is 2. The number of hydrogen-bond acceptors (Lipinski definition) is 4. The van der Waals surface area contributed by atoms with E-state index in [9.17, 15) is 0 Å². The summed E-state index contributed by atoms with van der Waals surface area (Å²) in [7, 11) is 1.72. The van der Waals surface area contributed by atoms with Gasteiger partial charge in [0, 0.05) is 13.1 Å². The van der Waals surface area contributed by atoms with Gasteiger partial charge in [0.15, 0.2) is 5.96 Å². The fraction of sp³-hybridized carbons (Fsp3) is 0.476. The van der Waals surface area contributed by atoms with Crippen molar-refractivity contribution in [1.82, 2.24) is 15.5 Å². The second-order valence-electron chi connectivity index (χ2n) is 6.74. The van der Waals surface area contributed by atoms with Crippen LogP contribution in [-0.4, -0.2) is 44.1 Å². The third kappa shape index (κ3) is 5.71. The molecule has 1 unspecified atom stereocenters. The smallest absolute Gasteiger partial charge is 0.191 e. The molecule has 0 radical (unpaired) electrons. The minimum atomic E-state index is 0.313. The number of aliphatic imine (C=N–C) groups is 1. The maximum atomic E-state index is 5.44. The quantitative estimate of drug-likeness (QED) is 0.537. The molecule has 2 aromatic rings. The molecule has 1 aliphatic rings. The minimum Gasteiger partial charge on any atom is -0.497 e. The number of guanidine groups is 1. The van der Waals surface area contributed by atoms with E-state index >= 15 is 0 Å². The molecular formula is C21H30N4OS. The topological polar surface area (TPSA) is 48.9 Å². The molecular weight excluding hydrogens is 356 g/mol.